The van der Waals surface area contributed by atoms with Crippen LogP contribution < -0.4 is 5.32 Å². The van der Waals surface area contributed by atoms with Crippen molar-refractivity contribution in [2.45, 2.75) is 38.7 Å². The average molecular weight is 377 g/mol. The smallest absolute Gasteiger partial charge is 0.419 e. The van der Waals surface area contributed by atoms with Crippen molar-refractivity contribution < 1.29 is 36.3 Å². The van der Waals surface area contributed by atoms with E-state index >= 15 is 0 Å². The zero-order valence-corrected chi connectivity index (χ0v) is 13.9. The Bertz CT molecular complexity index is 721. The van der Waals surface area contributed by atoms with Crippen molar-refractivity contribution in [3.8, 4) is 11.8 Å². The van der Waals surface area contributed by atoms with Crippen LogP contribution in [-0.4, -0.2) is 30.7 Å². The quantitative estimate of drug-likeness (QED) is 0.488. The van der Waals surface area contributed by atoms with E-state index < -0.39 is 48.1 Å². The Morgan fingerprint density at radius 2 is 1.96 bits per heavy atom. The molecule has 1 aromatic carbocycles. The van der Waals surface area contributed by atoms with Crippen LogP contribution in [0.4, 0.5) is 22.0 Å². The molecule has 0 aliphatic heterocycles. The number of nitrogens with one attached hydrogen (secondary N) is 1. The van der Waals surface area contributed by atoms with Crippen molar-refractivity contribution in [1.82, 2.24) is 5.32 Å². The fourth-order valence-corrected chi connectivity index (χ4v) is 1.96. The first-order valence-electron chi connectivity index (χ1n) is 7.49. The van der Waals surface area contributed by atoms with Gasteiger partial charge in [0.2, 0.25) is 5.91 Å². The van der Waals surface area contributed by atoms with Crippen molar-refractivity contribution >= 4 is 11.9 Å². The van der Waals surface area contributed by atoms with Crippen LogP contribution in [0.15, 0.2) is 18.2 Å². The monoisotopic (exact) mass is 377 g/mol. The molecule has 1 rings (SSSR count). The molecule has 0 heterocycles. The third-order valence-electron chi connectivity index (χ3n) is 3.06. The number of amides is 1. The molecule has 0 unspecified atom stereocenters. The van der Waals surface area contributed by atoms with Crippen molar-refractivity contribution in [3.05, 3.63) is 35.1 Å². The molecular weight excluding hydrogens is 361 g/mol. The summed E-state index contributed by atoms with van der Waals surface area (Å²) in [5, 5.41) is 2.19. The lowest BCUT2D eigenvalue weighted by Gasteiger charge is -2.17. The Hall–Kier alpha value is -2.63. The number of halogens is 5. The fraction of sp³-hybridized carbons (Fsp3) is 0.412. The zero-order chi connectivity index (χ0) is 19.9. The lowest BCUT2D eigenvalue weighted by atomic mass is 10.1. The van der Waals surface area contributed by atoms with Crippen LogP contribution in [0.25, 0.3) is 0 Å². The summed E-state index contributed by atoms with van der Waals surface area (Å²) in [6.45, 7) is 2.71. The zero-order valence-electron chi connectivity index (χ0n) is 13.9. The molecule has 0 radical (unpaired) electrons. The van der Waals surface area contributed by atoms with Gasteiger partial charge in [-0.25, -0.2) is 8.78 Å². The number of esters is 1. The molecular formula is C17H16F5NO3. The Labute approximate surface area is 146 Å². The van der Waals surface area contributed by atoms with Crippen molar-refractivity contribution in [3.63, 3.8) is 0 Å². The van der Waals surface area contributed by atoms with Gasteiger partial charge in [0, 0.05) is 12.5 Å². The van der Waals surface area contributed by atoms with Gasteiger partial charge in [-0.15, -0.1) is 0 Å². The molecule has 1 amide bonds. The highest BCUT2D eigenvalue weighted by Crippen LogP contribution is 2.31. The maximum absolute atomic E-state index is 14.2. The molecule has 1 aromatic rings. The molecule has 0 aromatic heterocycles. The van der Waals surface area contributed by atoms with Crippen molar-refractivity contribution in [1.29, 1.82) is 0 Å². The highest BCUT2D eigenvalue weighted by Gasteiger charge is 2.34. The van der Waals surface area contributed by atoms with Gasteiger partial charge < -0.3 is 10.1 Å². The predicted molar refractivity (Wildman–Crippen MR) is 82.0 cm³/mol. The lowest BCUT2D eigenvalue weighted by Crippen LogP contribution is -2.41. The molecule has 142 valence electrons. The van der Waals surface area contributed by atoms with Crippen molar-refractivity contribution in [2.24, 2.45) is 0 Å². The van der Waals surface area contributed by atoms with E-state index in [1.807, 2.05) is 5.92 Å². The molecule has 4 nitrogen and oxygen atoms in total. The van der Waals surface area contributed by atoms with Gasteiger partial charge in [-0.2, -0.15) is 13.2 Å². The van der Waals surface area contributed by atoms with Crippen LogP contribution in [0.5, 0.6) is 0 Å². The van der Waals surface area contributed by atoms with E-state index in [1.54, 1.807) is 6.92 Å². The van der Waals surface area contributed by atoms with Crippen LogP contribution in [0.1, 0.15) is 31.4 Å². The number of alkyl halides is 4. The second kappa shape index (κ2) is 9.17. The van der Waals surface area contributed by atoms with Gasteiger partial charge in [-0.05, 0) is 25.1 Å². The summed E-state index contributed by atoms with van der Waals surface area (Å²) >= 11 is 0. The SMILES string of the molecule is CCOC(=O)C[C@@H](NC(C)=O)[C@H](F)C#Cc1ccc(F)c(C(F)(F)F)c1. The summed E-state index contributed by atoms with van der Waals surface area (Å²) in [6, 6.07) is 0.655. The number of rotatable bonds is 5. The molecule has 0 spiro atoms. The molecule has 0 aliphatic carbocycles. The van der Waals surface area contributed by atoms with Crippen LogP contribution in [0.2, 0.25) is 0 Å². The minimum Gasteiger partial charge on any atom is -0.466 e. The molecule has 0 saturated carbocycles. The molecule has 9 heteroatoms. The number of benzene rings is 1. The van der Waals surface area contributed by atoms with Gasteiger partial charge in [0.15, 0.2) is 6.17 Å². The van der Waals surface area contributed by atoms with Gasteiger partial charge in [0.25, 0.3) is 0 Å². The Morgan fingerprint density at radius 3 is 2.50 bits per heavy atom. The molecule has 0 aliphatic rings. The summed E-state index contributed by atoms with van der Waals surface area (Å²) in [4.78, 5) is 22.6. The predicted octanol–water partition coefficient (Wildman–Crippen LogP) is 2.99. The van der Waals surface area contributed by atoms with Gasteiger partial charge in [0.1, 0.15) is 5.82 Å². The molecule has 2 atom stereocenters. The van der Waals surface area contributed by atoms with Crippen LogP contribution >= 0.6 is 0 Å². The first kappa shape index (κ1) is 21.4. The minimum atomic E-state index is -4.92. The van der Waals surface area contributed by atoms with E-state index in [4.69, 9.17) is 0 Å². The van der Waals surface area contributed by atoms with Crippen molar-refractivity contribution in [2.75, 3.05) is 6.61 Å². The summed E-state index contributed by atoms with van der Waals surface area (Å²) in [6.07, 6.45) is -7.47. The Balaban J connectivity index is 3.01. The summed E-state index contributed by atoms with van der Waals surface area (Å²) in [5.41, 5.74) is -1.79. The molecule has 0 fully saturated rings. The summed E-state index contributed by atoms with van der Waals surface area (Å²) in [5.74, 6) is 1.31. The maximum Gasteiger partial charge on any atom is 0.419 e. The normalized spacial score (nSPS) is 13.2. The van der Waals surface area contributed by atoms with Crippen LogP contribution in [-0.2, 0) is 20.5 Å². The minimum absolute atomic E-state index is 0.0596. The highest BCUT2D eigenvalue weighted by molar-refractivity contribution is 5.75. The molecule has 0 bridgehead atoms. The average Bonchev–Trinajstić information content (AvgIpc) is 2.51. The number of hydrogen-bond donors (Lipinski definition) is 1. The van der Waals surface area contributed by atoms with Gasteiger partial charge in [0.05, 0.1) is 24.6 Å². The third kappa shape index (κ3) is 6.70. The van der Waals surface area contributed by atoms with E-state index in [9.17, 15) is 31.5 Å². The lowest BCUT2D eigenvalue weighted by molar-refractivity contribution is -0.144. The summed E-state index contributed by atoms with van der Waals surface area (Å²) < 4.78 is 70.1. The number of hydrogen-bond acceptors (Lipinski definition) is 3. The fourth-order valence-electron chi connectivity index (χ4n) is 1.96. The second-order valence-electron chi connectivity index (χ2n) is 5.18. The molecule has 26 heavy (non-hydrogen) atoms. The first-order chi connectivity index (χ1) is 12.0. The highest BCUT2D eigenvalue weighted by atomic mass is 19.4. The van der Waals surface area contributed by atoms with E-state index in [2.05, 4.69) is 16.0 Å². The third-order valence-corrected chi connectivity index (χ3v) is 3.06. The first-order valence-corrected chi connectivity index (χ1v) is 7.49. The van der Waals surface area contributed by atoms with E-state index in [1.165, 1.54) is 0 Å². The topological polar surface area (TPSA) is 55.4 Å². The summed E-state index contributed by atoms with van der Waals surface area (Å²) in [7, 11) is 0. The number of carbonyl (C=O) groups excluding carboxylic acids is 2. The maximum atomic E-state index is 14.2. The van der Waals surface area contributed by atoms with Gasteiger partial charge in [-0.1, -0.05) is 11.8 Å². The van der Waals surface area contributed by atoms with Gasteiger partial charge in [-0.3, -0.25) is 9.59 Å². The van der Waals surface area contributed by atoms with Crippen LogP contribution in [0, 0.1) is 17.7 Å². The molecule has 0 saturated heterocycles. The Kier molecular flexibility index (Phi) is 7.56. The van der Waals surface area contributed by atoms with E-state index in [0.717, 1.165) is 13.0 Å². The second-order valence-corrected chi connectivity index (χ2v) is 5.18. The Morgan fingerprint density at radius 1 is 1.31 bits per heavy atom. The number of carbonyl (C=O) groups is 2. The van der Waals surface area contributed by atoms with E-state index in [-0.39, 0.29) is 12.2 Å². The van der Waals surface area contributed by atoms with E-state index in [0.29, 0.717) is 12.1 Å². The van der Waals surface area contributed by atoms with Crippen LogP contribution in [0.3, 0.4) is 0 Å². The number of ether oxygens (including phenoxy) is 1. The van der Waals surface area contributed by atoms with Gasteiger partial charge >= 0.3 is 12.1 Å². The molecule has 1 N–H and O–H groups in total. The largest absolute Gasteiger partial charge is 0.466 e. The standard InChI is InChI=1S/C17H16F5NO3/c1-3-26-16(25)9-15(23-10(2)24)14(19)7-5-11-4-6-13(18)12(8-11)17(20,21)22/h4,6,8,14-15H,3,9H2,1-2H3,(H,23,24)/t14-,15-/m1/s1.